The van der Waals surface area contributed by atoms with Crippen molar-refractivity contribution in [3.63, 3.8) is 0 Å². The van der Waals surface area contributed by atoms with Gasteiger partial charge in [-0.05, 0) is 43.4 Å². The van der Waals surface area contributed by atoms with Gasteiger partial charge in [0.1, 0.15) is 5.82 Å². The first-order valence-electron chi connectivity index (χ1n) is 6.19. The van der Waals surface area contributed by atoms with Crippen LogP contribution >= 0.6 is 0 Å². The third-order valence-corrected chi connectivity index (χ3v) is 3.58. The SMILES string of the molecule is CCC1CCC(Nc2ccc(C#N)cc2F)C1. The van der Waals surface area contributed by atoms with Crippen molar-refractivity contribution in [1.29, 1.82) is 5.26 Å². The predicted octanol–water partition coefficient (Wildman–Crippen LogP) is 3.69. The highest BCUT2D eigenvalue weighted by Crippen LogP contribution is 2.30. The van der Waals surface area contributed by atoms with E-state index in [0.29, 0.717) is 17.3 Å². The van der Waals surface area contributed by atoms with E-state index < -0.39 is 0 Å². The van der Waals surface area contributed by atoms with Crippen LogP contribution in [0.5, 0.6) is 0 Å². The second-order valence-electron chi connectivity index (χ2n) is 4.74. The van der Waals surface area contributed by atoms with Gasteiger partial charge in [0.15, 0.2) is 0 Å². The van der Waals surface area contributed by atoms with Gasteiger partial charge in [0.25, 0.3) is 0 Å². The van der Waals surface area contributed by atoms with E-state index in [1.54, 1.807) is 12.1 Å². The molecule has 2 rings (SSSR count). The van der Waals surface area contributed by atoms with Crippen molar-refractivity contribution < 1.29 is 4.39 Å². The highest BCUT2D eigenvalue weighted by molar-refractivity contribution is 5.49. The van der Waals surface area contributed by atoms with Gasteiger partial charge in [-0.2, -0.15) is 5.26 Å². The number of nitriles is 1. The quantitative estimate of drug-likeness (QED) is 0.862. The van der Waals surface area contributed by atoms with Crippen molar-refractivity contribution in [1.82, 2.24) is 0 Å². The summed E-state index contributed by atoms with van der Waals surface area (Å²) < 4.78 is 13.7. The summed E-state index contributed by atoms with van der Waals surface area (Å²) in [6.45, 7) is 2.20. The zero-order valence-corrected chi connectivity index (χ0v) is 10.0. The van der Waals surface area contributed by atoms with Crippen LogP contribution in [0.4, 0.5) is 10.1 Å². The minimum Gasteiger partial charge on any atom is -0.380 e. The molecule has 1 saturated carbocycles. The minimum absolute atomic E-state index is 0.330. The van der Waals surface area contributed by atoms with E-state index >= 15 is 0 Å². The minimum atomic E-state index is -0.330. The fourth-order valence-corrected chi connectivity index (χ4v) is 2.50. The molecule has 2 nitrogen and oxygen atoms in total. The lowest BCUT2D eigenvalue weighted by Crippen LogP contribution is -2.16. The molecular weight excluding hydrogens is 215 g/mol. The molecule has 1 aliphatic rings. The average Bonchev–Trinajstić information content (AvgIpc) is 2.79. The van der Waals surface area contributed by atoms with Gasteiger partial charge in [-0.15, -0.1) is 0 Å². The van der Waals surface area contributed by atoms with Crippen LogP contribution in [-0.2, 0) is 0 Å². The molecular formula is C14H17FN2. The first-order valence-corrected chi connectivity index (χ1v) is 6.19. The van der Waals surface area contributed by atoms with E-state index in [1.165, 1.54) is 18.9 Å². The maximum absolute atomic E-state index is 13.7. The molecule has 17 heavy (non-hydrogen) atoms. The van der Waals surface area contributed by atoms with Gasteiger partial charge >= 0.3 is 0 Å². The second-order valence-corrected chi connectivity index (χ2v) is 4.74. The number of hydrogen-bond donors (Lipinski definition) is 1. The molecule has 1 aromatic rings. The Bertz CT molecular complexity index is 436. The Balaban J connectivity index is 2.02. The lowest BCUT2D eigenvalue weighted by molar-refractivity contribution is 0.524. The number of nitrogens with one attached hydrogen (secondary N) is 1. The van der Waals surface area contributed by atoms with Crippen LogP contribution in [0.15, 0.2) is 18.2 Å². The van der Waals surface area contributed by atoms with Gasteiger partial charge in [-0.25, -0.2) is 4.39 Å². The number of nitrogens with zero attached hydrogens (tertiary/aromatic N) is 1. The van der Waals surface area contributed by atoms with E-state index in [0.717, 1.165) is 18.8 Å². The van der Waals surface area contributed by atoms with Gasteiger partial charge in [0.05, 0.1) is 17.3 Å². The molecule has 0 radical (unpaired) electrons. The monoisotopic (exact) mass is 232 g/mol. The van der Waals surface area contributed by atoms with E-state index in [9.17, 15) is 4.39 Å². The molecule has 2 unspecified atom stereocenters. The number of anilines is 1. The molecule has 0 aliphatic heterocycles. The summed E-state index contributed by atoms with van der Waals surface area (Å²) in [6.07, 6.45) is 4.66. The molecule has 0 saturated heterocycles. The smallest absolute Gasteiger partial charge is 0.147 e. The molecule has 0 aromatic heterocycles. The zero-order chi connectivity index (χ0) is 12.3. The Hall–Kier alpha value is -1.56. The highest BCUT2D eigenvalue weighted by atomic mass is 19.1. The summed E-state index contributed by atoms with van der Waals surface area (Å²) in [4.78, 5) is 0. The van der Waals surface area contributed by atoms with Gasteiger partial charge in [0, 0.05) is 6.04 Å². The van der Waals surface area contributed by atoms with Crippen molar-refractivity contribution >= 4 is 5.69 Å². The van der Waals surface area contributed by atoms with Crippen LogP contribution < -0.4 is 5.32 Å². The van der Waals surface area contributed by atoms with Crippen LogP contribution in [0.25, 0.3) is 0 Å². The van der Waals surface area contributed by atoms with Gasteiger partial charge in [0.2, 0.25) is 0 Å². The predicted molar refractivity (Wildman–Crippen MR) is 66.2 cm³/mol. The third kappa shape index (κ3) is 2.76. The molecule has 0 spiro atoms. The van der Waals surface area contributed by atoms with Crippen LogP contribution in [0.1, 0.15) is 38.2 Å². The van der Waals surface area contributed by atoms with Crippen LogP contribution in [-0.4, -0.2) is 6.04 Å². The number of halogens is 1. The molecule has 0 bridgehead atoms. The Morgan fingerprint density at radius 3 is 2.88 bits per heavy atom. The molecule has 2 atom stereocenters. The van der Waals surface area contributed by atoms with Gasteiger partial charge in [-0.1, -0.05) is 13.3 Å². The Kier molecular flexibility index (Phi) is 3.63. The molecule has 0 amide bonds. The molecule has 1 fully saturated rings. The number of hydrogen-bond acceptors (Lipinski definition) is 2. The van der Waals surface area contributed by atoms with Gasteiger partial charge < -0.3 is 5.32 Å². The van der Waals surface area contributed by atoms with Crippen molar-refractivity contribution in [2.75, 3.05) is 5.32 Å². The maximum atomic E-state index is 13.7. The van der Waals surface area contributed by atoms with Gasteiger partial charge in [-0.3, -0.25) is 0 Å². The summed E-state index contributed by atoms with van der Waals surface area (Å²) in [5.41, 5.74) is 0.886. The van der Waals surface area contributed by atoms with Crippen LogP contribution in [0.2, 0.25) is 0 Å². The second kappa shape index (κ2) is 5.18. The summed E-state index contributed by atoms with van der Waals surface area (Å²) in [5, 5.41) is 11.9. The lowest BCUT2D eigenvalue weighted by Gasteiger charge is -2.15. The Morgan fingerprint density at radius 2 is 2.29 bits per heavy atom. The largest absolute Gasteiger partial charge is 0.380 e. The molecule has 0 heterocycles. The first-order chi connectivity index (χ1) is 8.22. The van der Waals surface area contributed by atoms with E-state index in [1.807, 2.05) is 6.07 Å². The maximum Gasteiger partial charge on any atom is 0.147 e. The summed E-state index contributed by atoms with van der Waals surface area (Å²) >= 11 is 0. The fraction of sp³-hybridized carbons (Fsp3) is 0.500. The van der Waals surface area contributed by atoms with Crippen molar-refractivity contribution in [3.05, 3.63) is 29.6 Å². The molecule has 1 N–H and O–H groups in total. The summed E-state index contributed by atoms with van der Waals surface area (Å²) in [5.74, 6) is 0.443. The zero-order valence-electron chi connectivity index (χ0n) is 10.0. The molecule has 3 heteroatoms. The van der Waals surface area contributed by atoms with Crippen LogP contribution in [0, 0.1) is 23.1 Å². The summed E-state index contributed by atoms with van der Waals surface area (Å²) in [7, 11) is 0. The highest BCUT2D eigenvalue weighted by Gasteiger charge is 2.23. The summed E-state index contributed by atoms with van der Waals surface area (Å²) in [6, 6.07) is 6.91. The normalized spacial score (nSPS) is 23.4. The Morgan fingerprint density at radius 1 is 1.47 bits per heavy atom. The molecule has 1 aliphatic carbocycles. The van der Waals surface area contributed by atoms with E-state index in [4.69, 9.17) is 5.26 Å². The van der Waals surface area contributed by atoms with Crippen LogP contribution in [0.3, 0.4) is 0 Å². The molecule has 90 valence electrons. The third-order valence-electron chi connectivity index (χ3n) is 3.58. The fourth-order valence-electron chi connectivity index (χ4n) is 2.50. The number of benzene rings is 1. The topological polar surface area (TPSA) is 35.8 Å². The molecule has 1 aromatic carbocycles. The van der Waals surface area contributed by atoms with E-state index in [2.05, 4.69) is 12.2 Å². The van der Waals surface area contributed by atoms with Crippen molar-refractivity contribution in [2.24, 2.45) is 5.92 Å². The van der Waals surface area contributed by atoms with Crippen molar-refractivity contribution in [3.8, 4) is 6.07 Å². The van der Waals surface area contributed by atoms with E-state index in [-0.39, 0.29) is 5.82 Å². The lowest BCUT2D eigenvalue weighted by atomic mass is 10.1. The standard InChI is InChI=1S/C14H17FN2/c1-2-10-3-5-12(7-10)17-14-6-4-11(9-16)8-13(14)15/h4,6,8,10,12,17H,2-3,5,7H2,1H3. The van der Waals surface area contributed by atoms with Crippen molar-refractivity contribution in [2.45, 2.75) is 38.6 Å². The number of rotatable bonds is 3. The Labute approximate surface area is 101 Å². The first kappa shape index (κ1) is 11.9. The average molecular weight is 232 g/mol.